The summed E-state index contributed by atoms with van der Waals surface area (Å²) in [7, 11) is 2.12. The molecule has 18 heavy (non-hydrogen) atoms. The molecule has 1 aromatic rings. The molecule has 0 aliphatic carbocycles. The Hall–Kier alpha value is -0.970. The quantitative estimate of drug-likeness (QED) is 0.824. The van der Waals surface area contributed by atoms with Crippen molar-refractivity contribution in [3.63, 3.8) is 0 Å². The summed E-state index contributed by atoms with van der Waals surface area (Å²) in [6, 6.07) is 4.09. The van der Waals surface area contributed by atoms with Gasteiger partial charge in [-0.1, -0.05) is 6.07 Å². The van der Waals surface area contributed by atoms with Gasteiger partial charge in [-0.15, -0.1) is 0 Å². The highest BCUT2D eigenvalue weighted by atomic mass is 16.5. The Morgan fingerprint density at radius 1 is 1.44 bits per heavy atom. The Kier molecular flexibility index (Phi) is 5.58. The molecule has 0 amide bonds. The van der Waals surface area contributed by atoms with E-state index >= 15 is 0 Å². The van der Waals surface area contributed by atoms with Crippen LogP contribution in [0.15, 0.2) is 24.5 Å². The van der Waals surface area contributed by atoms with Crippen LogP contribution in [0.3, 0.4) is 0 Å². The van der Waals surface area contributed by atoms with Gasteiger partial charge in [-0.25, -0.2) is 0 Å². The fourth-order valence-corrected chi connectivity index (χ4v) is 2.22. The van der Waals surface area contributed by atoms with E-state index in [2.05, 4.69) is 28.3 Å². The highest BCUT2D eigenvalue weighted by molar-refractivity contribution is 5.07. The van der Waals surface area contributed by atoms with Gasteiger partial charge >= 0.3 is 0 Å². The largest absolute Gasteiger partial charge is 0.377 e. The Morgan fingerprint density at radius 3 is 3.00 bits per heavy atom. The van der Waals surface area contributed by atoms with Crippen molar-refractivity contribution in [1.29, 1.82) is 0 Å². The van der Waals surface area contributed by atoms with Crippen molar-refractivity contribution in [2.75, 3.05) is 33.3 Å². The molecule has 0 saturated carbocycles. The van der Waals surface area contributed by atoms with Crippen molar-refractivity contribution in [2.24, 2.45) is 0 Å². The lowest BCUT2D eigenvalue weighted by Crippen LogP contribution is -2.34. The summed E-state index contributed by atoms with van der Waals surface area (Å²) in [4.78, 5) is 6.40. The molecule has 0 spiro atoms. The zero-order valence-electron chi connectivity index (χ0n) is 11.1. The number of hydrogen-bond acceptors (Lipinski definition) is 4. The van der Waals surface area contributed by atoms with E-state index in [4.69, 9.17) is 4.74 Å². The number of ether oxygens (including phenoxy) is 1. The predicted octanol–water partition coefficient (Wildman–Crippen LogP) is 1.28. The summed E-state index contributed by atoms with van der Waals surface area (Å²) in [6.45, 7) is 4.91. The molecule has 1 aromatic heterocycles. The SMILES string of the molecule is CN(CCOC1CCNCC1)Cc1cccnc1. The van der Waals surface area contributed by atoms with Gasteiger partial charge in [0, 0.05) is 25.5 Å². The van der Waals surface area contributed by atoms with Crippen LogP contribution in [0.1, 0.15) is 18.4 Å². The fraction of sp³-hybridized carbons (Fsp3) is 0.643. The van der Waals surface area contributed by atoms with Crippen LogP contribution in [0, 0.1) is 0 Å². The minimum Gasteiger partial charge on any atom is -0.377 e. The summed E-state index contributed by atoms with van der Waals surface area (Å²) < 4.78 is 5.89. The molecule has 0 radical (unpaired) electrons. The monoisotopic (exact) mass is 249 g/mol. The number of piperidine rings is 1. The molecule has 0 aromatic carbocycles. The van der Waals surface area contributed by atoms with E-state index in [1.807, 2.05) is 18.5 Å². The van der Waals surface area contributed by atoms with E-state index in [9.17, 15) is 0 Å². The first-order valence-electron chi connectivity index (χ1n) is 6.74. The van der Waals surface area contributed by atoms with Crippen LogP contribution in [0.4, 0.5) is 0 Å². The first-order valence-corrected chi connectivity index (χ1v) is 6.74. The molecule has 4 heteroatoms. The lowest BCUT2D eigenvalue weighted by molar-refractivity contribution is 0.0224. The summed E-state index contributed by atoms with van der Waals surface area (Å²) >= 11 is 0. The molecule has 2 heterocycles. The molecule has 2 rings (SSSR count). The van der Waals surface area contributed by atoms with Crippen molar-refractivity contribution in [2.45, 2.75) is 25.5 Å². The second kappa shape index (κ2) is 7.46. The summed E-state index contributed by atoms with van der Waals surface area (Å²) in [5.74, 6) is 0. The zero-order valence-corrected chi connectivity index (χ0v) is 11.1. The maximum atomic E-state index is 5.89. The van der Waals surface area contributed by atoms with Crippen LogP contribution in [0.25, 0.3) is 0 Å². The van der Waals surface area contributed by atoms with Gasteiger partial charge in [0.15, 0.2) is 0 Å². The normalized spacial score (nSPS) is 17.2. The van der Waals surface area contributed by atoms with Crippen molar-refractivity contribution in [3.05, 3.63) is 30.1 Å². The van der Waals surface area contributed by atoms with E-state index in [-0.39, 0.29) is 0 Å². The van der Waals surface area contributed by atoms with Crippen LogP contribution >= 0.6 is 0 Å². The zero-order chi connectivity index (χ0) is 12.6. The molecule has 1 aliphatic rings. The van der Waals surface area contributed by atoms with Gasteiger partial charge in [-0.3, -0.25) is 9.88 Å². The molecule has 1 N–H and O–H groups in total. The maximum absolute atomic E-state index is 5.89. The van der Waals surface area contributed by atoms with Crippen molar-refractivity contribution >= 4 is 0 Å². The van der Waals surface area contributed by atoms with Crippen LogP contribution in [-0.2, 0) is 11.3 Å². The van der Waals surface area contributed by atoms with Crippen molar-refractivity contribution in [3.8, 4) is 0 Å². The Labute approximate surface area is 109 Å². The standard InChI is InChI=1S/C14H23N3O/c1-17(12-13-3-2-6-16-11-13)9-10-18-14-4-7-15-8-5-14/h2-3,6,11,14-15H,4-5,7-10,12H2,1H3. The number of nitrogens with zero attached hydrogens (tertiary/aromatic N) is 2. The second-order valence-corrected chi connectivity index (χ2v) is 4.92. The highest BCUT2D eigenvalue weighted by Gasteiger charge is 2.13. The maximum Gasteiger partial charge on any atom is 0.0600 e. The number of nitrogens with one attached hydrogen (secondary N) is 1. The van der Waals surface area contributed by atoms with Crippen LogP contribution in [0.5, 0.6) is 0 Å². The summed E-state index contributed by atoms with van der Waals surface area (Å²) in [5.41, 5.74) is 1.25. The van der Waals surface area contributed by atoms with Gasteiger partial charge in [-0.05, 0) is 44.6 Å². The molecule has 1 fully saturated rings. The Morgan fingerprint density at radius 2 is 2.28 bits per heavy atom. The lowest BCUT2D eigenvalue weighted by atomic mass is 10.1. The smallest absolute Gasteiger partial charge is 0.0600 e. The number of rotatable bonds is 6. The van der Waals surface area contributed by atoms with Crippen molar-refractivity contribution in [1.82, 2.24) is 15.2 Å². The van der Waals surface area contributed by atoms with E-state index in [1.165, 1.54) is 5.56 Å². The molecule has 100 valence electrons. The number of likely N-dealkylation sites (N-methyl/N-ethyl adjacent to an activating group) is 1. The van der Waals surface area contributed by atoms with Gasteiger partial charge in [0.2, 0.25) is 0 Å². The molecule has 0 bridgehead atoms. The van der Waals surface area contributed by atoms with Crippen molar-refractivity contribution < 1.29 is 4.74 Å². The summed E-state index contributed by atoms with van der Waals surface area (Å²) in [6.07, 6.45) is 6.48. The van der Waals surface area contributed by atoms with E-state index < -0.39 is 0 Å². The number of hydrogen-bond donors (Lipinski definition) is 1. The second-order valence-electron chi connectivity index (χ2n) is 4.92. The molecule has 0 unspecified atom stereocenters. The fourth-order valence-electron chi connectivity index (χ4n) is 2.22. The number of pyridine rings is 1. The topological polar surface area (TPSA) is 37.4 Å². The lowest BCUT2D eigenvalue weighted by Gasteiger charge is -2.24. The third-order valence-corrected chi connectivity index (χ3v) is 3.29. The van der Waals surface area contributed by atoms with Crippen LogP contribution in [-0.4, -0.2) is 49.3 Å². The van der Waals surface area contributed by atoms with E-state index in [0.29, 0.717) is 6.10 Å². The molecule has 0 atom stereocenters. The third-order valence-electron chi connectivity index (χ3n) is 3.29. The molecular weight excluding hydrogens is 226 g/mol. The predicted molar refractivity (Wildman–Crippen MR) is 72.4 cm³/mol. The summed E-state index contributed by atoms with van der Waals surface area (Å²) in [5, 5.41) is 3.35. The molecule has 1 aliphatic heterocycles. The number of aromatic nitrogens is 1. The van der Waals surface area contributed by atoms with E-state index in [1.54, 1.807) is 0 Å². The minimum atomic E-state index is 0.457. The molecule has 4 nitrogen and oxygen atoms in total. The minimum absolute atomic E-state index is 0.457. The van der Waals surface area contributed by atoms with Gasteiger partial charge in [0.05, 0.1) is 12.7 Å². The molecule has 1 saturated heterocycles. The van der Waals surface area contributed by atoms with Gasteiger partial charge in [0.1, 0.15) is 0 Å². The third kappa shape index (κ3) is 4.72. The Balaban J connectivity index is 1.61. The first kappa shape index (κ1) is 13.5. The average Bonchev–Trinajstić information content (AvgIpc) is 2.41. The van der Waals surface area contributed by atoms with Crippen LogP contribution < -0.4 is 5.32 Å². The van der Waals surface area contributed by atoms with Gasteiger partial charge in [-0.2, -0.15) is 0 Å². The van der Waals surface area contributed by atoms with Gasteiger partial charge in [0.25, 0.3) is 0 Å². The van der Waals surface area contributed by atoms with Crippen LogP contribution in [0.2, 0.25) is 0 Å². The van der Waals surface area contributed by atoms with E-state index in [0.717, 1.165) is 45.6 Å². The highest BCUT2D eigenvalue weighted by Crippen LogP contribution is 2.07. The Bertz CT molecular complexity index is 325. The first-order chi connectivity index (χ1) is 8.84. The molecular formula is C14H23N3O. The van der Waals surface area contributed by atoms with Gasteiger partial charge < -0.3 is 10.1 Å². The average molecular weight is 249 g/mol.